The van der Waals surface area contributed by atoms with Gasteiger partial charge in [-0.2, -0.15) is 0 Å². The summed E-state index contributed by atoms with van der Waals surface area (Å²) in [6, 6.07) is 0. The number of imidazole rings is 1. The Morgan fingerprint density at radius 1 is 1.26 bits per heavy atom. The lowest BCUT2D eigenvalue weighted by Crippen LogP contribution is -2.49. The average molecular weight is 318 g/mol. The van der Waals surface area contributed by atoms with Gasteiger partial charge in [-0.15, -0.1) is 5.10 Å². The molecule has 0 radical (unpaired) electrons. The Balaban J connectivity index is 1.53. The van der Waals surface area contributed by atoms with Crippen molar-refractivity contribution in [1.82, 2.24) is 29.1 Å². The molecule has 0 bridgehead atoms. The van der Waals surface area contributed by atoms with Gasteiger partial charge in [-0.25, -0.2) is 4.98 Å². The molecule has 1 fully saturated rings. The fraction of sp³-hybridized carbons (Fsp3) is 0.533. The highest BCUT2D eigenvalue weighted by Crippen LogP contribution is 2.18. The second-order valence-electron chi connectivity index (χ2n) is 5.66. The zero-order valence-corrected chi connectivity index (χ0v) is 13.6. The quantitative estimate of drug-likeness (QED) is 0.781. The lowest BCUT2D eigenvalue weighted by molar-refractivity contribution is 0.0630. The van der Waals surface area contributed by atoms with Crippen LogP contribution in [0, 0.1) is 0 Å². The fourth-order valence-corrected chi connectivity index (χ4v) is 2.79. The third-order valence-corrected chi connectivity index (χ3v) is 4.11. The van der Waals surface area contributed by atoms with Crippen molar-refractivity contribution in [3.63, 3.8) is 0 Å². The molecule has 3 rings (SSSR count). The molecule has 2 aromatic rings. The molecule has 1 aliphatic heterocycles. The molecule has 8 nitrogen and oxygen atoms in total. The maximum atomic E-state index is 12.6. The number of ether oxygens (including phenoxy) is 1. The molecule has 0 N–H and O–H groups in total. The Hall–Kier alpha value is -2.35. The summed E-state index contributed by atoms with van der Waals surface area (Å²) >= 11 is 0. The maximum absolute atomic E-state index is 12.6. The third kappa shape index (κ3) is 3.53. The van der Waals surface area contributed by atoms with E-state index in [1.807, 2.05) is 17.4 Å². The number of hydrogen-bond acceptors (Lipinski definition) is 5. The van der Waals surface area contributed by atoms with Crippen LogP contribution in [0.2, 0.25) is 0 Å². The highest BCUT2D eigenvalue weighted by Gasteiger charge is 2.25. The van der Waals surface area contributed by atoms with E-state index in [4.69, 9.17) is 4.74 Å². The standard InChI is InChI=1S/C15H22N6O2/c1-18-11-13(14(17-18)23-2)15(22)21-9-7-19(8-10-21)5-6-20-4-3-16-12-20/h3-4,11-12H,5-10H2,1-2H3. The van der Waals surface area contributed by atoms with Crippen molar-refractivity contribution in [3.8, 4) is 5.88 Å². The Labute approximate surface area is 135 Å². The molecule has 23 heavy (non-hydrogen) atoms. The normalized spacial score (nSPS) is 15.8. The van der Waals surface area contributed by atoms with Gasteiger partial charge >= 0.3 is 0 Å². The first-order chi connectivity index (χ1) is 11.2. The SMILES string of the molecule is COc1nn(C)cc1C(=O)N1CCN(CCn2ccnc2)CC1. The average Bonchev–Trinajstić information content (AvgIpc) is 3.22. The number of rotatable bonds is 5. The summed E-state index contributed by atoms with van der Waals surface area (Å²) in [7, 11) is 3.32. The van der Waals surface area contributed by atoms with E-state index < -0.39 is 0 Å². The summed E-state index contributed by atoms with van der Waals surface area (Å²) in [5, 5.41) is 4.15. The molecule has 1 saturated heterocycles. The first kappa shape index (κ1) is 15.5. The largest absolute Gasteiger partial charge is 0.479 e. The number of piperazine rings is 1. The van der Waals surface area contributed by atoms with Crippen LogP contribution in [0.3, 0.4) is 0 Å². The number of amides is 1. The highest BCUT2D eigenvalue weighted by molar-refractivity contribution is 5.96. The molecular weight excluding hydrogens is 296 g/mol. The van der Waals surface area contributed by atoms with E-state index in [1.54, 1.807) is 24.1 Å². The molecule has 0 spiro atoms. The molecule has 0 aliphatic carbocycles. The number of carbonyl (C=O) groups excluding carboxylic acids is 1. The van der Waals surface area contributed by atoms with Crippen LogP contribution in [-0.4, -0.2) is 74.9 Å². The van der Waals surface area contributed by atoms with E-state index in [2.05, 4.69) is 19.5 Å². The lowest BCUT2D eigenvalue weighted by Gasteiger charge is -2.34. The van der Waals surface area contributed by atoms with Crippen LogP contribution in [0.15, 0.2) is 24.9 Å². The van der Waals surface area contributed by atoms with Crippen molar-refractivity contribution in [3.05, 3.63) is 30.5 Å². The van der Waals surface area contributed by atoms with Crippen LogP contribution < -0.4 is 4.74 Å². The minimum atomic E-state index is -0.00999. The molecule has 0 unspecified atom stereocenters. The number of carbonyl (C=O) groups is 1. The van der Waals surface area contributed by atoms with Crippen LogP contribution in [0.5, 0.6) is 5.88 Å². The lowest BCUT2D eigenvalue weighted by atomic mass is 10.2. The second-order valence-corrected chi connectivity index (χ2v) is 5.66. The Morgan fingerprint density at radius 3 is 2.70 bits per heavy atom. The molecule has 8 heteroatoms. The number of aryl methyl sites for hydroxylation is 1. The van der Waals surface area contributed by atoms with Crippen LogP contribution in [-0.2, 0) is 13.6 Å². The molecule has 124 valence electrons. The minimum absolute atomic E-state index is 0.00999. The minimum Gasteiger partial charge on any atom is -0.479 e. The van der Waals surface area contributed by atoms with Gasteiger partial charge in [0.05, 0.1) is 13.4 Å². The zero-order chi connectivity index (χ0) is 16.2. The third-order valence-electron chi connectivity index (χ3n) is 4.11. The first-order valence-electron chi connectivity index (χ1n) is 7.72. The van der Waals surface area contributed by atoms with Gasteiger partial charge in [-0.1, -0.05) is 0 Å². The van der Waals surface area contributed by atoms with Crippen molar-refractivity contribution in [2.75, 3.05) is 39.8 Å². The monoisotopic (exact) mass is 318 g/mol. The van der Waals surface area contributed by atoms with Gasteiger partial charge in [0.1, 0.15) is 5.56 Å². The van der Waals surface area contributed by atoms with Crippen molar-refractivity contribution in [2.45, 2.75) is 6.54 Å². The van der Waals surface area contributed by atoms with Crippen LogP contribution in [0.1, 0.15) is 10.4 Å². The Bertz CT molecular complexity index is 643. The molecule has 0 atom stereocenters. The number of aromatic nitrogens is 4. The Kier molecular flexibility index (Phi) is 4.61. The van der Waals surface area contributed by atoms with Gasteiger partial charge in [0.2, 0.25) is 5.88 Å². The second kappa shape index (κ2) is 6.82. The van der Waals surface area contributed by atoms with Gasteiger partial charge in [0.15, 0.2) is 0 Å². The van der Waals surface area contributed by atoms with E-state index in [0.29, 0.717) is 11.4 Å². The molecule has 0 saturated carbocycles. The van der Waals surface area contributed by atoms with Crippen molar-refractivity contribution in [1.29, 1.82) is 0 Å². The van der Waals surface area contributed by atoms with Crippen molar-refractivity contribution < 1.29 is 9.53 Å². The summed E-state index contributed by atoms with van der Waals surface area (Å²) < 4.78 is 8.85. The summed E-state index contributed by atoms with van der Waals surface area (Å²) in [5.74, 6) is 0.379. The van der Waals surface area contributed by atoms with Crippen LogP contribution >= 0.6 is 0 Å². The predicted octanol–water partition coefficient (Wildman–Crippen LogP) is 0.0832. The fourth-order valence-electron chi connectivity index (χ4n) is 2.79. The molecule has 1 amide bonds. The summed E-state index contributed by atoms with van der Waals surface area (Å²) in [6.45, 7) is 5.09. The van der Waals surface area contributed by atoms with E-state index in [1.165, 1.54) is 7.11 Å². The number of methoxy groups -OCH3 is 1. The molecule has 2 aromatic heterocycles. The number of hydrogen-bond donors (Lipinski definition) is 0. The summed E-state index contributed by atoms with van der Waals surface area (Å²) in [4.78, 5) is 20.9. The van der Waals surface area contributed by atoms with Crippen molar-refractivity contribution >= 4 is 5.91 Å². The molecule has 1 aliphatic rings. The topological polar surface area (TPSA) is 68.4 Å². The van der Waals surface area contributed by atoms with Crippen LogP contribution in [0.4, 0.5) is 0 Å². The molecule has 3 heterocycles. The Morgan fingerprint density at radius 2 is 2.04 bits per heavy atom. The zero-order valence-electron chi connectivity index (χ0n) is 13.6. The predicted molar refractivity (Wildman–Crippen MR) is 84.3 cm³/mol. The summed E-state index contributed by atoms with van der Waals surface area (Å²) in [5.41, 5.74) is 0.530. The van der Waals surface area contributed by atoms with Gasteiger partial charge in [-0.05, 0) is 0 Å². The smallest absolute Gasteiger partial charge is 0.261 e. The van der Waals surface area contributed by atoms with Gasteiger partial charge in [-0.3, -0.25) is 14.4 Å². The highest BCUT2D eigenvalue weighted by atomic mass is 16.5. The van der Waals surface area contributed by atoms with E-state index in [0.717, 1.165) is 39.3 Å². The van der Waals surface area contributed by atoms with Gasteiger partial charge < -0.3 is 14.2 Å². The number of nitrogens with zero attached hydrogens (tertiary/aromatic N) is 6. The summed E-state index contributed by atoms with van der Waals surface area (Å²) in [6.07, 6.45) is 7.30. The van der Waals surface area contributed by atoms with E-state index >= 15 is 0 Å². The van der Waals surface area contributed by atoms with E-state index in [-0.39, 0.29) is 5.91 Å². The van der Waals surface area contributed by atoms with Gasteiger partial charge in [0.25, 0.3) is 5.91 Å². The first-order valence-corrected chi connectivity index (χ1v) is 7.72. The maximum Gasteiger partial charge on any atom is 0.261 e. The van der Waals surface area contributed by atoms with Crippen molar-refractivity contribution in [2.24, 2.45) is 7.05 Å². The van der Waals surface area contributed by atoms with E-state index in [9.17, 15) is 4.79 Å². The molecular formula is C15H22N6O2. The molecule has 0 aromatic carbocycles. The van der Waals surface area contributed by atoms with Crippen LogP contribution in [0.25, 0.3) is 0 Å². The van der Waals surface area contributed by atoms with Gasteiger partial charge in [0, 0.05) is 64.9 Å².